The van der Waals surface area contributed by atoms with Gasteiger partial charge in [-0.15, -0.1) is 0 Å². The van der Waals surface area contributed by atoms with E-state index in [4.69, 9.17) is 21.1 Å². The van der Waals surface area contributed by atoms with Crippen molar-refractivity contribution in [1.29, 1.82) is 0 Å². The second kappa shape index (κ2) is 12.4. The van der Waals surface area contributed by atoms with Crippen molar-refractivity contribution in [2.45, 2.75) is 33.3 Å². The van der Waals surface area contributed by atoms with Gasteiger partial charge in [-0.05, 0) is 60.9 Å². The summed E-state index contributed by atoms with van der Waals surface area (Å²) in [5.74, 6) is 0.328. The lowest BCUT2D eigenvalue weighted by molar-refractivity contribution is -0.126. The Hall–Kier alpha value is -3.84. The number of ether oxygens (including phenoxy) is 2. The quantitative estimate of drug-likeness (QED) is 0.288. The number of aryl methyl sites for hydroxylation is 1. The van der Waals surface area contributed by atoms with Gasteiger partial charge in [0.25, 0.3) is 0 Å². The van der Waals surface area contributed by atoms with Gasteiger partial charge in [0.1, 0.15) is 6.61 Å². The van der Waals surface area contributed by atoms with Crippen LogP contribution in [0, 0.1) is 5.92 Å². The molecule has 7 nitrogen and oxygen atoms in total. The van der Waals surface area contributed by atoms with Gasteiger partial charge in [-0.1, -0.05) is 48.9 Å². The third-order valence-corrected chi connectivity index (χ3v) is 6.52. The van der Waals surface area contributed by atoms with Crippen molar-refractivity contribution in [3.05, 3.63) is 88.4 Å². The number of rotatable bonds is 10. The second-order valence-electron chi connectivity index (χ2n) is 8.68. The molecule has 1 saturated heterocycles. The predicted molar refractivity (Wildman–Crippen MR) is 145 cm³/mol. The van der Waals surface area contributed by atoms with E-state index in [1.807, 2.05) is 61.5 Å². The van der Waals surface area contributed by atoms with Crippen LogP contribution in [0.4, 0.5) is 5.69 Å². The summed E-state index contributed by atoms with van der Waals surface area (Å²) >= 11 is 6.22. The maximum atomic E-state index is 12.7. The number of nitrogens with one attached hydrogen (secondary N) is 1. The van der Waals surface area contributed by atoms with Crippen molar-refractivity contribution in [3.8, 4) is 11.5 Å². The molecule has 8 heteroatoms. The Morgan fingerprint density at radius 1 is 1.08 bits per heavy atom. The number of carbonyl (C=O) groups excluding carboxylic acids is 2. The van der Waals surface area contributed by atoms with Crippen molar-refractivity contribution in [2.75, 3.05) is 18.1 Å². The third-order valence-electron chi connectivity index (χ3n) is 6.15. The highest BCUT2D eigenvalue weighted by Crippen LogP contribution is 2.30. The number of carbonyl (C=O) groups is 2. The summed E-state index contributed by atoms with van der Waals surface area (Å²) < 4.78 is 11.7. The van der Waals surface area contributed by atoms with Crippen LogP contribution < -0.4 is 19.8 Å². The molecule has 1 aliphatic heterocycles. The lowest BCUT2D eigenvalue weighted by Gasteiger charge is -2.16. The van der Waals surface area contributed by atoms with Gasteiger partial charge < -0.3 is 14.4 Å². The number of nitrogens with zero attached hydrogens (tertiary/aromatic N) is 2. The first kappa shape index (κ1) is 26.2. The second-order valence-corrected chi connectivity index (χ2v) is 9.09. The van der Waals surface area contributed by atoms with Crippen LogP contribution in [-0.2, 0) is 22.6 Å². The molecule has 0 bridgehead atoms. The minimum absolute atomic E-state index is 0.0675. The van der Waals surface area contributed by atoms with E-state index in [9.17, 15) is 9.59 Å². The van der Waals surface area contributed by atoms with Crippen LogP contribution in [0.25, 0.3) is 0 Å². The maximum absolute atomic E-state index is 12.7. The van der Waals surface area contributed by atoms with Crippen molar-refractivity contribution < 1.29 is 19.1 Å². The lowest BCUT2D eigenvalue weighted by Crippen LogP contribution is -2.30. The van der Waals surface area contributed by atoms with E-state index in [1.54, 1.807) is 17.0 Å². The molecule has 0 spiro atoms. The molecule has 192 valence electrons. The first-order valence-electron chi connectivity index (χ1n) is 12.3. The van der Waals surface area contributed by atoms with Crippen molar-refractivity contribution in [3.63, 3.8) is 0 Å². The van der Waals surface area contributed by atoms with E-state index in [0.717, 1.165) is 23.2 Å². The summed E-state index contributed by atoms with van der Waals surface area (Å²) in [6, 6.07) is 20.8. The van der Waals surface area contributed by atoms with Crippen molar-refractivity contribution >= 4 is 35.3 Å². The molecule has 0 saturated carbocycles. The summed E-state index contributed by atoms with van der Waals surface area (Å²) in [4.78, 5) is 26.8. The van der Waals surface area contributed by atoms with Gasteiger partial charge in [0.15, 0.2) is 11.5 Å². The minimum atomic E-state index is -0.463. The van der Waals surface area contributed by atoms with E-state index >= 15 is 0 Å². The number of halogens is 1. The Kier molecular flexibility index (Phi) is 8.80. The standard InChI is InChI=1S/C29H30ClN3O4/c1-3-20-9-12-24(13-10-20)33-18-23(16-28(33)34)29(35)32-31-17-21-11-14-26(27(15-21)36-4-2)37-19-22-7-5-6-8-25(22)30/h5-15,17,23H,3-4,16,18-19H2,1-2H3,(H,32,35)/b31-17+/t23-/m1/s1. The van der Waals surface area contributed by atoms with Crippen molar-refractivity contribution in [2.24, 2.45) is 11.0 Å². The number of amides is 2. The van der Waals surface area contributed by atoms with Crippen LogP contribution in [0.3, 0.4) is 0 Å². The molecule has 1 atom stereocenters. The molecule has 0 aromatic heterocycles. The zero-order chi connectivity index (χ0) is 26.2. The Morgan fingerprint density at radius 2 is 1.86 bits per heavy atom. The van der Waals surface area contributed by atoms with E-state index in [-0.39, 0.29) is 18.2 Å². The first-order valence-corrected chi connectivity index (χ1v) is 12.7. The Morgan fingerprint density at radius 3 is 2.59 bits per heavy atom. The Bertz CT molecular complexity index is 1280. The minimum Gasteiger partial charge on any atom is -0.490 e. The fourth-order valence-corrected chi connectivity index (χ4v) is 4.26. The fraction of sp³-hybridized carbons (Fsp3) is 0.276. The molecule has 0 aliphatic carbocycles. The Labute approximate surface area is 222 Å². The molecule has 1 aliphatic rings. The van der Waals surface area contributed by atoms with E-state index in [0.29, 0.717) is 36.3 Å². The van der Waals surface area contributed by atoms with Crippen LogP contribution in [0.1, 0.15) is 37.0 Å². The smallest absolute Gasteiger partial charge is 0.245 e. The van der Waals surface area contributed by atoms with Crippen LogP contribution in [0.5, 0.6) is 11.5 Å². The molecular weight excluding hydrogens is 490 g/mol. The molecule has 1 N–H and O–H groups in total. The largest absolute Gasteiger partial charge is 0.490 e. The van der Waals surface area contributed by atoms with Gasteiger partial charge in [0.05, 0.1) is 18.7 Å². The van der Waals surface area contributed by atoms with Gasteiger partial charge in [-0.25, -0.2) is 5.43 Å². The van der Waals surface area contributed by atoms with Crippen LogP contribution in [0.15, 0.2) is 71.8 Å². The third kappa shape index (κ3) is 6.68. The van der Waals surface area contributed by atoms with Crippen LogP contribution in [-0.4, -0.2) is 31.2 Å². The summed E-state index contributed by atoms with van der Waals surface area (Å²) in [7, 11) is 0. The number of anilines is 1. The van der Waals surface area contributed by atoms with Gasteiger partial charge >= 0.3 is 0 Å². The topological polar surface area (TPSA) is 80.2 Å². The van der Waals surface area contributed by atoms with Gasteiger partial charge in [0.2, 0.25) is 11.8 Å². The first-order chi connectivity index (χ1) is 18.0. The summed E-state index contributed by atoms with van der Waals surface area (Å²) in [5.41, 5.74) is 6.18. The molecule has 2 amide bonds. The summed E-state index contributed by atoms with van der Waals surface area (Å²) in [5, 5.41) is 4.74. The molecular formula is C29H30ClN3O4. The monoisotopic (exact) mass is 519 g/mol. The number of hydrogen-bond acceptors (Lipinski definition) is 5. The highest BCUT2D eigenvalue weighted by molar-refractivity contribution is 6.31. The lowest BCUT2D eigenvalue weighted by atomic mass is 10.1. The molecule has 3 aromatic carbocycles. The van der Waals surface area contributed by atoms with Gasteiger partial charge in [-0.2, -0.15) is 5.10 Å². The zero-order valence-electron chi connectivity index (χ0n) is 20.9. The molecule has 0 unspecified atom stereocenters. The highest BCUT2D eigenvalue weighted by Gasteiger charge is 2.35. The number of hydrazone groups is 1. The fourth-order valence-electron chi connectivity index (χ4n) is 4.07. The number of hydrogen-bond donors (Lipinski definition) is 1. The maximum Gasteiger partial charge on any atom is 0.245 e. The van der Waals surface area contributed by atoms with E-state index < -0.39 is 5.92 Å². The SMILES string of the molecule is CCOc1cc(/C=N/NC(=O)[C@@H]2CC(=O)N(c3ccc(CC)cc3)C2)ccc1OCc1ccccc1Cl. The van der Waals surface area contributed by atoms with E-state index in [1.165, 1.54) is 11.8 Å². The Balaban J connectivity index is 1.35. The highest BCUT2D eigenvalue weighted by atomic mass is 35.5. The van der Waals surface area contributed by atoms with Crippen LogP contribution >= 0.6 is 11.6 Å². The number of benzene rings is 3. The molecule has 1 heterocycles. The normalized spacial score (nSPS) is 15.3. The average molecular weight is 520 g/mol. The molecule has 37 heavy (non-hydrogen) atoms. The summed E-state index contributed by atoms with van der Waals surface area (Å²) in [6.07, 6.45) is 2.63. The summed E-state index contributed by atoms with van der Waals surface area (Å²) in [6.45, 7) is 5.08. The van der Waals surface area contributed by atoms with E-state index in [2.05, 4.69) is 17.5 Å². The average Bonchev–Trinajstić information content (AvgIpc) is 3.31. The molecule has 1 fully saturated rings. The van der Waals surface area contributed by atoms with Gasteiger partial charge in [0, 0.05) is 29.2 Å². The zero-order valence-corrected chi connectivity index (χ0v) is 21.7. The molecule has 4 rings (SSSR count). The molecule has 3 aromatic rings. The predicted octanol–water partition coefficient (Wildman–Crippen LogP) is 5.38. The van der Waals surface area contributed by atoms with Crippen molar-refractivity contribution in [1.82, 2.24) is 5.43 Å². The van der Waals surface area contributed by atoms with Crippen LogP contribution in [0.2, 0.25) is 5.02 Å². The van der Waals surface area contributed by atoms with Gasteiger partial charge in [-0.3, -0.25) is 9.59 Å². The molecule has 0 radical (unpaired) electrons.